The van der Waals surface area contributed by atoms with Crippen LogP contribution < -0.4 is 10.0 Å². The van der Waals surface area contributed by atoms with Gasteiger partial charge in [-0.1, -0.05) is 6.92 Å². The van der Waals surface area contributed by atoms with Crippen molar-refractivity contribution < 1.29 is 23.4 Å². The molecule has 0 bridgehead atoms. The van der Waals surface area contributed by atoms with Gasteiger partial charge >= 0.3 is 5.97 Å². The number of aliphatic hydroxyl groups excluding tert-OH is 1. The Morgan fingerprint density at radius 1 is 1.38 bits per heavy atom. The van der Waals surface area contributed by atoms with Crippen molar-refractivity contribution >= 4 is 21.7 Å². The first-order valence-corrected chi connectivity index (χ1v) is 8.04. The fourth-order valence-electron chi connectivity index (χ4n) is 1.63. The Hall–Kier alpha value is -1.64. The van der Waals surface area contributed by atoms with Crippen LogP contribution in [-0.2, 0) is 10.0 Å². The first kappa shape index (κ1) is 17.4. The van der Waals surface area contributed by atoms with Gasteiger partial charge in [0, 0.05) is 12.6 Å². The number of aliphatic hydroxyl groups is 1. The molecule has 1 aromatic carbocycles. The average Bonchev–Trinajstić information content (AvgIpc) is 2.44. The maximum absolute atomic E-state index is 12.4. The molecule has 7 nitrogen and oxygen atoms in total. The fourth-order valence-corrected chi connectivity index (χ4v) is 3.16. The molecule has 0 heterocycles. The van der Waals surface area contributed by atoms with Gasteiger partial charge in [-0.15, -0.1) is 0 Å². The number of hydrogen-bond acceptors (Lipinski definition) is 5. The third-order valence-corrected chi connectivity index (χ3v) is 4.54. The molecule has 0 fully saturated rings. The van der Waals surface area contributed by atoms with Gasteiger partial charge in [-0.2, -0.15) is 0 Å². The molecular weight excluding hydrogens is 296 g/mol. The van der Waals surface area contributed by atoms with Crippen molar-refractivity contribution in [2.75, 3.05) is 18.5 Å². The van der Waals surface area contributed by atoms with Gasteiger partial charge in [-0.05, 0) is 31.5 Å². The molecule has 0 saturated carbocycles. The fraction of sp³-hybridized carbons (Fsp3) is 0.462. The van der Waals surface area contributed by atoms with Crippen LogP contribution in [0.2, 0.25) is 0 Å². The molecule has 1 atom stereocenters. The second-order valence-corrected chi connectivity index (χ2v) is 6.28. The number of carboxylic acid groups (broad SMARTS) is 1. The Balaban J connectivity index is 3.27. The predicted octanol–water partition coefficient (Wildman–Crippen LogP) is 0.866. The lowest BCUT2D eigenvalue weighted by Crippen LogP contribution is -2.32. The van der Waals surface area contributed by atoms with Crippen molar-refractivity contribution in [1.29, 1.82) is 0 Å². The number of hydrogen-bond donors (Lipinski definition) is 4. The SMILES string of the molecule is CC[C@@H](C)NS(=O)(=O)c1cc(C(=O)O)ccc1NCCO. The van der Waals surface area contributed by atoms with Gasteiger partial charge in [-0.3, -0.25) is 0 Å². The maximum Gasteiger partial charge on any atom is 0.335 e. The highest BCUT2D eigenvalue weighted by Gasteiger charge is 2.22. The van der Waals surface area contributed by atoms with Gasteiger partial charge in [0.05, 0.1) is 17.9 Å². The largest absolute Gasteiger partial charge is 0.478 e. The van der Waals surface area contributed by atoms with E-state index in [-0.39, 0.29) is 35.3 Å². The van der Waals surface area contributed by atoms with Crippen molar-refractivity contribution in [3.63, 3.8) is 0 Å². The molecule has 0 radical (unpaired) electrons. The summed E-state index contributed by atoms with van der Waals surface area (Å²) >= 11 is 0. The molecule has 4 N–H and O–H groups in total. The number of sulfonamides is 1. The molecule has 0 unspecified atom stereocenters. The monoisotopic (exact) mass is 316 g/mol. The second-order valence-electron chi connectivity index (χ2n) is 4.60. The number of nitrogens with one attached hydrogen (secondary N) is 2. The van der Waals surface area contributed by atoms with Gasteiger partial charge in [0.2, 0.25) is 10.0 Å². The van der Waals surface area contributed by atoms with Gasteiger partial charge in [0.1, 0.15) is 4.90 Å². The molecule has 1 aromatic rings. The molecule has 0 aromatic heterocycles. The summed E-state index contributed by atoms with van der Waals surface area (Å²) in [4.78, 5) is 10.9. The molecule has 118 valence electrons. The van der Waals surface area contributed by atoms with Crippen LogP contribution in [0, 0.1) is 0 Å². The van der Waals surface area contributed by atoms with E-state index in [1.807, 2.05) is 6.92 Å². The minimum Gasteiger partial charge on any atom is -0.478 e. The number of carbonyl (C=O) groups is 1. The zero-order chi connectivity index (χ0) is 16.0. The molecular formula is C13H20N2O5S. The summed E-state index contributed by atoms with van der Waals surface area (Å²) in [5, 5.41) is 20.6. The zero-order valence-electron chi connectivity index (χ0n) is 12.0. The van der Waals surface area contributed by atoms with Crippen molar-refractivity contribution in [2.24, 2.45) is 0 Å². The molecule has 0 amide bonds. The van der Waals surface area contributed by atoms with Crippen LogP contribution in [0.4, 0.5) is 5.69 Å². The van der Waals surface area contributed by atoms with Gasteiger partial charge in [0.25, 0.3) is 0 Å². The number of carboxylic acids is 1. The number of aromatic carboxylic acids is 1. The second kappa shape index (κ2) is 7.39. The van der Waals surface area contributed by atoms with E-state index in [1.54, 1.807) is 6.92 Å². The zero-order valence-corrected chi connectivity index (χ0v) is 12.8. The maximum atomic E-state index is 12.4. The van der Waals surface area contributed by atoms with Gasteiger partial charge in [0.15, 0.2) is 0 Å². The van der Waals surface area contributed by atoms with Gasteiger partial charge < -0.3 is 15.5 Å². The van der Waals surface area contributed by atoms with Crippen LogP contribution in [0.1, 0.15) is 30.6 Å². The smallest absolute Gasteiger partial charge is 0.335 e. The van der Waals surface area contributed by atoms with Crippen LogP contribution in [0.5, 0.6) is 0 Å². The van der Waals surface area contributed by atoms with Crippen LogP contribution in [-0.4, -0.2) is 43.8 Å². The van der Waals surface area contributed by atoms with Crippen molar-refractivity contribution in [1.82, 2.24) is 4.72 Å². The summed E-state index contributed by atoms with van der Waals surface area (Å²) in [7, 11) is -3.85. The summed E-state index contributed by atoms with van der Waals surface area (Å²) < 4.78 is 27.2. The summed E-state index contributed by atoms with van der Waals surface area (Å²) in [6.07, 6.45) is 0.608. The van der Waals surface area contributed by atoms with E-state index in [1.165, 1.54) is 12.1 Å². The number of rotatable bonds is 8. The molecule has 0 aliphatic rings. The minimum atomic E-state index is -3.85. The highest BCUT2D eigenvalue weighted by molar-refractivity contribution is 7.89. The topological polar surface area (TPSA) is 116 Å². The summed E-state index contributed by atoms with van der Waals surface area (Å²) in [5.74, 6) is -1.20. The van der Waals surface area contributed by atoms with Crippen LogP contribution in [0.15, 0.2) is 23.1 Å². The standard InChI is InChI=1S/C13H20N2O5S/c1-3-9(2)15-21(19,20)12-8-10(13(17)18)4-5-11(12)14-6-7-16/h4-5,8-9,14-16H,3,6-7H2,1-2H3,(H,17,18)/t9-/m1/s1. The Morgan fingerprint density at radius 3 is 2.57 bits per heavy atom. The quantitative estimate of drug-likeness (QED) is 0.565. The van der Waals surface area contributed by atoms with E-state index in [0.29, 0.717) is 6.42 Å². The summed E-state index contributed by atoms with van der Waals surface area (Å²) in [5.41, 5.74) is 0.138. The normalized spacial score (nSPS) is 12.9. The van der Waals surface area contributed by atoms with Crippen LogP contribution in [0.25, 0.3) is 0 Å². The third kappa shape index (κ3) is 4.69. The van der Waals surface area contributed by atoms with E-state index in [0.717, 1.165) is 6.07 Å². The molecule has 0 saturated heterocycles. The van der Waals surface area contributed by atoms with E-state index in [9.17, 15) is 13.2 Å². The number of anilines is 1. The highest BCUT2D eigenvalue weighted by Crippen LogP contribution is 2.23. The van der Waals surface area contributed by atoms with E-state index in [4.69, 9.17) is 10.2 Å². The Labute approximate surface area is 124 Å². The molecule has 8 heteroatoms. The van der Waals surface area contributed by atoms with E-state index >= 15 is 0 Å². The predicted molar refractivity (Wildman–Crippen MR) is 79.1 cm³/mol. The molecule has 0 spiro atoms. The minimum absolute atomic E-state index is 0.117. The van der Waals surface area contributed by atoms with E-state index < -0.39 is 16.0 Å². The van der Waals surface area contributed by atoms with Gasteiger partial charge in [-0.25, -0.2) is 17.9 Å². The van der Waals surface area contributed by atoms with Crippen molar-refractivity contribution in [3.8, 4) is 0 Å². The van der Waals surface area contributed by atoms with Crippen LogP contribution in [0.3, 0.4) is 0 Å². The molecule has 1 rings (SSSR count). The Bertz CT molecular complexity index is 601. The molecule has 0 aliphatic heterocycles. The lowest BCUT2D eigenvalue weighted by molar-refractivity contribution is 0.0696. The Morgan fingerprint density at radius 2 is 2.05 bits per heavy atom. The molecule has 21 heavy (non-hydrogen) atoms. The summed E-state index contributed by atoms with van der Waals surface area (Å²) in [6.45, 7) is 3.56. The number of benzene rings is 1. The van der Waals surface area contributed by atoms with Crippen molar-refractivity contribution in [2.45, 2.75) is 31.2 Å². The van der Waals surface area contributed by atoms with E-state index in [2.05, 4.69) is 10.0 Å². The lowest BCUT2D eigenvalue weighted by Gasteiger charge is -2.16. The average molecular weight is 316 g/mol. The molecule has 0 aliphatic carbocycles. The highest BCUT2D eigenvalue weighted by atomic mass is 32.2. The first-order chi connectivity index (χ1) is 9.81. The summed E-state index contributed by atoms with van der Waals surface area (Å²) in [6, 6.07) is 3.52. The Kier molecular flexibility index (Phi) is 6.13. The lowest BCUT2D eigenvalue weighted by atomic mass is 10.2. The van der Waals surface area contributed by atoms with Crippen LogP contribution >= 0.6 is 0 Å². The van der Waals surface area contributed by atoms with Crippen molar-refractivity contribution in [3.05, 3.63) is 23.8 Å². The third-order valence-electron chi connectivity index (χ3n) is 2.91. The first-order valence-electron chi connectivity index (χ1n) is 6.56.